The van der Waals surface area contributed by atoms with E-state index < -0.39 is 33.6 Å². The lowest BCUT2D eigenvalue weighted by Crippen LogP contribution is -2.05. The van der Waals surface area contributed by atoms with Crippen LogP contribution in [0.4, 0.5) is 14.5 Å². The predicted molar refractivity (Wildman–Crippen MR) is 47.5 cm³/mol. The summed E-state index contributed by atoms with van der Waals surface area (Å²) < 4.78 is 26.3. The lowest BCUT2D eigenvalue weighted by molar-refractivity contribution is -0.387. The molecule has 78 valence electrons. The molecule has 0 spiro atoms. The minimum absolute atomic E-state index is 0.657. The van der Waals surface area contributed by atoms with Crippen LogP contribution in [0.2, 0.25) is 0 Å². The summed E-state index contributed by atoms with van der Waals surface area (Å²) in [4.78, 5) is 20.3. The zero-order valence-corrected chi connectivity index (χ0v) is 7.37. The fourth-order valence-electron chi connectivity index (χ4n) is 1.01. The monoisotopic (exact) mass is 213 g/mol. The molecule has 0 bridgehead atoms. The Hall–Kier alpha value is -2.11. The van der Waals surface area contributed by atoms with Crippen molar-refractivity contribution in [2.75, 3.05) is 0 Å². The highest BCUT2D eigenvalue weighted by molar-refractivity contribution is 6.05. The van der Waals surface area contributed by atoms with Crippen LogP contribution in [0.5, 0.6) is 0 Å². The third kappa shape index (κ3) is 1.88. The zero-order valence-electron chi connectivity index (χ0n) is 7.37. The topological polar surface area (TPSA) is 60.2 Å². The van der Waals surface area contributed by atoms with Gasteiger partial charge in [-0.15, -0.1) is 0 Å². The van der Waals surface area contributed by atoms with Crippen LogP contribution in [0.1, 0.15) is 10.4 Å². The summed E-state index contributed by atoms with van der Waals surface area (Å²) in [5.41, 5.74) is -1.90. The Balaban J connectivity index is 3.49. The van der Waals surface area contributed by atoms with Crippen molar-refractivity contribution in [1.29, 1.82) is 0 Å². The number of carbonyl (C=O) groups excluding carboxylic acids is 1. The molecule has 0 fully saturated rings. The number of allylic oxidation sites excluding steroid dienone is 1. The van der Waals surface area contributed by atoms with Crippen molar-refractivity contribution in [3.8, 4) is 0 Å². The van der Waals surface area contributed by atoms with Crippen LogP contribution >= 0.6 is 0 Å². The molecule has 1 aromatic rings. The van der Waals surface area contributed by atoms with Gasteiger partial charge < -0.3 is 0 Å². The number of carbonyl (C=O) groups is 1. The summed E-state index contributed by atoms with van der Waals surface area (Å²) in [6.45, 7) is 3.04. The minimum atomic E-state index is -1.48. The Labute approximate surface area is 83.0 Å². The van der Waals surface area contributed by atoms with Crippen molar-refractivity contribution in [2.45, 2.75) is 0 Å². The van der Waals surface area contributed by atoms with Gasteiger partial charge in [-0.1, -0.05) is 6.58 Å². The second-order valence-electron chi connectivity index (χ2n) is 2.58. The normalized spacial score (nSPS) is 9.73. The molecule has 0 saturated carbocycles. The highest BCUT2D eigenvalue weighted by atomic mass is 19.1. The molecule has 0 amide bonds. The molecule has 0 N–H and O–H groups in total. The van der Waals surface area contributed by atoms with E-state index in [0.717, 1.165) is 0 Å². The van der Waals surface area contributed by atoms with Crippen molar-refractivity contribution in [2.24, 2.45) is 0 Å². The number of ketones is 1. The van der Waals surface area contributed by atoms with Crippen LogP contribution in [0.25, 0.3) is 0 Å². The SMILES string of the molecule is C=CC(=O)c1c(F)ccc([N+](=O)[O-])c1F. The first kappa shape index (κ1) is 11.0. The van der Waals surface area contributed by atoms with Gasteiger partial charge in [0.25, 0.3) is 0 Å². The Bertz CT molecular complexity index is 457. The average Bonchev–Trinajstić information content (AvgIpc) is 2.16. The first-order valence-corrected chi connectivity index (χ1v) is 3.78. The quantitative estimate of drug-likeness (QED) is 0.335. The number of nitrogens with zero attached hydrogens (tertiary/aromatic N) is 1. The van der Waals surface area contributed by atoms with Gasteiger partial charge in [0.05, 0.1) is 4.92 Å². The molecule has 15 heavy (non-hydrogen) atoms. The molecule has 0 unspecified atom stereocenters. The number of halogens is 2. The van der Waals surface area contributed by atoms with Gasteiger partial charge in [0.15, 0.2) is 5.78 Å². The van der Waals surface area contributed by atoms with Gasteiger partial charge in [0.1, 0.15) is 11.4 Å². The lowest BCUT2D eigenvalue weighted by Gasteiger charge is -2.00. The highest BCUT2D eigenvalue weighted by Gasteiger charge is 2.24. The molecule has 1 rings (SSSR count). The molecule has 1 aromatic carbocycles. The molecular weight excluding hydrogens is 208 g/mol. The molecule has 0 radical (unpaired) electrons. The molecule has 4 nitrogen and oxygen atoms in total. The number of hydrogen-bond donors (Lipinski definition) is 0. The zero-order chi connectivity index (χ0) is 11.6. The molecule has 0 aliphatic rings. The van der Waals surface area contributed by atoms with Gasteiger partial charge in [-0.2, -0.15) is 4.39 Å². The summed E-state index contributed by atoms with van der Waals surface area (Å²) >= 11 is 0. The predicted octanol–water partition coefficient (Wildman–Crippen LogP) is 2.24. The van der Waals surface area contributed by atoms with E-state index in [1.165, 1.54) is 0 Å². The molecule has 0 saturated heterocycles. The van der Waals surface area contributed by atoms with Gasteiger partial charge in [-0.05, 0) is 12.1 Å². The van der Waals surface area contributed by atoms with E-state index in [1.54, 1.807) is 0 Å². The van der Waals surface area contributed by atoms with E-state index >= 15 is 0 Å². The molecule has 0 heterocycles. The van der Waals surface area contributed by atoms with E-state index in [4.69, 9.17) is 0 Å². The molecule has 0 aromatic heterocycles. The van der Waals surface area contributed by atoms with Crippen LogP contribution in [-0.2, 0) is 0 Å². The largest absolute Gasteiger partial charge is 0.305 e. The highest BCUT2D eigenvalue weighted by Crippen LogP contribution is 2.23. The van der Waals surface area contributed by atoms with Crippen LogP contribution in [-0.4, -0.2) is 10.7 Å². The summed E-state index contributed by atoms with van der Waals surface area (Å²) in [7, 11) is 0. The van der Waals surface area contributed by atoms with Gasteiger partial charge in [0.2, 0.25) is 5.82 Å². The van der Waals surface area contributed by atoms with Gasteiger partial charge in [-0.3, -0.25) is 14.9 Å². The first-order valence-electron chi connectivity index (χ1n) is 3.78. The van der Waals surface area contributed by atoms with Crippen molar-refractivity contribution in [3.05, 3.63) is 52.1 Å². The second-order valence-corrected chi connectivity index (χ2v) is 2.58. The van der Waals surface area contributed by atoms with Crippen molar-refractivity contribution in [1.82, 2.24) is 0 Å². The average molecular weight is 213 g/mol. The van der Waals surface area contributed by atoms with Crippen molar-refractivity contribution >= 4 is 11.5 Å². The maximum absolute atomic E-state index is 13.3. The third-order valence-electron chi connectivity index (χ3n) is 1.70. The second kappa shape index (κ2) is 3.95. The number of nitro groups is 1. The van der Waals surface area contributed by atoms with Crippen molar-refractivity contribution < 1.29 is 18.5 Å². The molecular formula is C9H5F2NO3. The molecule has 0 aliphatic carbocycles. The third-order valence-corrected chi connectivity index (χ3v) is 1.70. The number of hydrogen-bond acceptors (Lipinski definition) is 3. The molecule has 0 atom stereocenters. The minimum Gasteiger partial charge on any atom is -0.289 e. The Morgan fingerprint density at radius 1 is 1.47 bits per heavy atom. The first-order chi connectivity index (χ1) is 6.99. The summed E-state index contributed by atoms with van der Waals surface area (Å²) in [5.74, 6) is -3.67. The molecule has 6 heteroatoms. The van der Waals surface area contributed by atoms with Gasteiger partial charge in [-0.25, -0.2) is 4.39 Å². The Morgan fingerprint density at radius 3 is 2.53 bits per heavy atom. The van der Waals surface area contributed by atoms with Crippen LogP contribution in [0.3, 0.4) is 0 Å². The Morgan fingerprint density at radius 2 is 2.07 bits per heavy atom. The van der Waals surface area contributed by atoms with E-state index in [-0.39, 0.29) is 0 Å². The van der Waals surface area contributed by atoms with Crippen LogP contribution in [0.15, 0.2) is 24.8 Å². The summed E-state index contributed by atoms with van der Waals surface area (Å²) in [6, 6.07) is 1.32. The van der Waals surface area contributed by atoms with E-state index in [1.807, 2.05) is 0 Å². The van der Waals surface area contributed by atoms with E-state index in [2.05, 4.69) is 6.58 Å². The fourth-order valence-corrected chi connectivity index (χ4v) is 1.01. The Kier molecular flexibility index (Phi) is 2.89. The maximum Gasteiger partial charge on any atom is 0.305 e. The lowest BCUT2D eigenvalue weighted by atomic mass is 10.1. The maximum atomic E-state index is 13.3. The number of rotatable bonds is 3. The number of benzene rings is 1. The summed E-state index contributed by atoms with van der Waals surface area (Å²) in [5, 5.41) is 10.3. The van der Waals surface area contributed by atoms with Gasteiger partial charge in [0, 0.05) is 6.07 Å². The summed E-state index contributed by atoms with van der Waals surface area (Å²) in [6.07, 6.45) is 0.686. The number of nitro benzene ring substituents is 1. The smallest absolute Gasteiger partial charge is 0.289 e. The van der Waals surface area contributed by atoms with Crippen molar-refractivity contribution in [3.63, 3.8) is 0 Å². The van der Waals surface area contributed by atoms with E-state index in [9.17, 15) is 23.7 Å². The van der Waals surface area contributed by atoms with Gasteiger partial charge >= 0.3 is 5.69 Å². The standard InChI is InChI=1S/C9H5F2NO3/c1-2-7(13)8-5(10)3-4-6(9(8)11)12(14)15/h2-4H,1H2. The molecule has 0 aliphatic heterocycles. The fraction of sp³-hybridized carbons (Fsp3) is 0. The van der Waals surface area contributed by atoms with Crippen LogP contribution < -0.4 is 0 Å². The van der Waals surface area contributed by atoms with Crippen LogP contribution in [0, 0.1) is 21.7 Å². The van der Waals surface area contributed by atoms with E-state index in [0.29, 0.717) is 18.2 Å².